The van der Waals surface area contributed by atoms with Crippen molar-refractivity contribution in [2.75, 3.05) is 7.11 Å². The minimum Gasteiger partial charge on any atom is -0.465 e. The van der Waals surface area contributed by atoms with E-state index in [1.54, 1.807) is 17.6 Å². The summed E-state index contributed by atoms with van der Waals surface area (Å²) in [4.78, 5) is 31.7. The third kappa shape index (κ3) is 2.98. The molecule has 1 aromatic carbocycles. The van der Waals surface area contributed by atoms with Crippen LogP contribution in [0.3, 0.4) is 0 Å². The fraction of sp³-hybridized carbons (Fsp3) is 0.222. The first-order valence-electron chi connectivity index (χ1n) is 7.73. The van der Waals surface area contributed by atoms with Crippen molar-refractivity contribution < 1.29 is 9.53 Å². The number of aryl methyl sites for hydroxylation is 1. The van der Waals surface area contributed by atoms with E-state index in [9.17, 15) is 9.59 Å². The molecule has 0 amide bonds. The molecule has 128 valence electrons. The number of aromatic amines is 1. The van der Waals surface area contributed by atoms with E-state index in [0.29, 0.717) is 11.3 Å². The van der Waals surface area contributed by atoms with Crippen molar-refractivity contribution >= 4 is 29.2 Å². The van der Waals surface area contributed by atoms with Gasteiger partial charge in [0, 0.05) is 5.69 Å². The molecule has 1 atom stereocenters. The number of hydrogen-bond donors (Lipinski definition) is 1. The van der Waals surface area contributed by atoms with E-state index in [0.717, 1.165) is 5.56 Å². The number of carbonyl (C=O) groups excluding carboxylic acids is 1. The molecule has 0 bridgehead atoms. The topological polar surface area (TPSA) is 77.0 Å². The molecular formula is C18H17N3O3S. The molecule has 3 aromatic rings. The van der Waals surface area contributed by atoms with E-state index < -0.39 is 11.5 Å². The molecule has 0 spiro atoms. The first-order chi connectivity index (χ1) is 11.9. The Kier molecular flexibility index (Phi) is 4.50. The Morgan fingerprint density at radius 1 is 1.32 bits per heavy atom. The monoisotopic (exact) mass is 355 g/mol. The zero-order valence-corrected chi connectivity index (χ0v) is 14.9. The van der Waals surface area contributed by atoms with Crippen molar-refractivity contribution in [3.05, 3.63) is 68.3 Å². The molecule has 0 saturated heterocycles. The number of fused-ring (bicyclic) bond motifs is 1. The Labute approximate surface area is 149 Å². The highest BCUT2D eigenvalue weighted by Crippen LogP contribution is 2.23. The Bertz CT molecular complexity index is 1070. The van der Waals surface area contributed by atoms with Crippen molar-refractivity contribution in [1.82, 2.24) is 14.5 Å². The number of aromatic nitrogens is 3. The van der Waals surface area contributed by atoms with E-state index in [2.05, 4.69) is 9.97 Å². The molecule has 6 nitrogen and oxygen atoms in total. The Balaban J connectivity index is 2.41. The van der Waals surface area contributed by atoms with Crippen LogP contribution in [0.25, 0.3) is 11.0 Å². The summed E-state index contributed by atoms with van der Waals surface area (Å²) in [7, 11) is 1.28. The molecule has 0 aliphatic carbocycles. The first-order valence-corrected chi connectivity index (χ1v) is 8.14. The van der Waals surface area contributed by atoms with Crippen LogP contribution in [0.15, 0.2) is 41.2 Å². The number of nitrogens with zero attached hydrogens (tertiary/aromatic N) is 2. The SMILES string of the molecule is COC(=O)c1cc(C)nc2c1c(=O)[nH]c(=S)n2C(C)c1ccccc1. The lowest BCUT2D eigenvalue weighted by molar-refractivity contribution is 0.0602. The van der Waals surface area contributed by atoms with Gasteiger partial charge in [0.1, 0.15) is 5.65 Å². The molecule has 0 saturated carbocycles. The number of benzene rings is 1. The maximum absolute atomic E-state index is 12.5. The fourth-order valence-electron chi connectivity index (χ4n) is 2.88. The van der Waals surface area contributed by atoms with Crippen LogP contribution in [0.2, 0.25) is 0 Å². The third-order valence-electron chi connectivity index (χ3n) is 4.10. The molecule has 3 rings (SSSR count). The van der Waals surface area contributed by atoms with Gasteiger partial charge in [0.25, 0.3) is 5.56 Å². The number of pyridine rings is 1. The molecule has 2 aromatic heterocycles. The fourth-order valence-corrected chi connectivity index (χ4v) is 3.22. The average Bonchev–Trinajstić information content (AvgIpc) is 2.60. The maximum atomic E-state index is 12.5. The van der Waals surface area contributed by atoms with Gasteiger partial charge in [-0.25, -0.2) is 9.78 Å². The number of esters is 1. The van der Waals surface area contributed by atoms with Crippen molar-refractivity contribution in [3.63, 3.8) is 0 Å². The van der Waals surface area contributed by atoms with Crippen molar-refractivity contribution in [3.8, 4) is 0 Å². The quantitative estimate of drug-likeness (QED) is 0.577. The van der Waals surface area contributed by atoms with E-state index in [1.165, 1.54) is 7.11 Å². The van der Waals surface area contributed by atoms with Crippen molar-refractivity contribution in [2.24, 2.45) is 0 Å². The van der Waals surface area contributed by atoms with Crippen molar-refractivity contribution in [2.45, 2.75) is 19.9 Å². The first kappa shape index (κ1) is 17.0. The van der Waals surface area contributed by atoms with Crippen LogP contribution in [0.4, 0.5) is 0 Å². The van der Waals surface area contributed by atoms with Gasteiger partial charge in [0.15, 0.2) is 4.77 Å². The molecule has 25 heavy (non-hydrogen) atoms. The number of nitrogens with one attached hydrogen (secondary N) is 1. The number of rotatable bonds is 3. The number of carbonyl (C=O) groups is 1. The zero-order chi connectivity index (χ0) is 18.1. The van der Waals surface area contributed by atoms with Gasteiger partial charge in [-0.3, -0.25) is 14.3 Å². The molecule has 0 radical (unpaired) electrons. The van der Waals surface area contributed by atoms with Gasteiger partial charge in [-0.2, -0.15) is 0 Å². The predicted molar refractivity (Wildman–Crippen MR) is 97.5 cm³/mol. The minimum atomic E-state index is -0.586. The molecule has 0 aliphatic rings. The molecular weight excluding hydrogens is 338 g/mol. The van der Waals surface area contributed by atoms with Gasteiger partial charge in [-0.05, 0) is 37.7 Å². The average molecular weight is 355 g/mol. The Morgan fingerprint density at radius 2 is 2.00 bits per heavy atom. The third-order valence-corrected chi connectivity index (χ3v) is 4.40. The summed E-state index contributed by atoms with van der Waals surface area (Å²) >= 11 is 5.38. The highest BCUT2D eigenvalue weighted by Gasteiger charge is 2.20. The normalized spacial score (nSPS) is 12.1. The second kappa shape index (κ2) is 6.60. The lowest BCUT2D eigenvalue weighted by Crippen LogP contribution is -2.21. The van der Waals surface area contributed by atoms with Gasteiger partial charge in [0.2, 0.25) is 0 Å². The van der Waals surface area contributed by atoms with Gasteiger partial charge in [-0.1, -0.05) is 30.3 Å². The predicted octanol–water partition coefficient (Wildman–Crippen LogP) is 3.16. The van der Waals surface area contributed by atoms with Crippen LogP contribution in [0, 0.1) is 11.7 Å². The van der Waals surface area contributed by atoms with Gasteiger partial charge >= 0.3 is 5.97 Å². The van der Waals surface area contributed by atoms with Crippen LogP contribution in [-0.2, 0) is 4.74 Å². The zero-order valence-electron chi connectivity index (χ0n) is 14.1. The number of ether oxygens (including phenoxy) is 1. The van der Waals surface area contributed by atoms with Crippen LogP contribution in [-0.4, -0.2) is 27.6 Å². The summed E-state index contributed by atoms with van der Waals surface area (Å²) in [6.07, 6.45) is 0. The summed E-state index contributed by atoms with van der Waals surface area (Å²) in [6.45, 7) is 3.72. The molecule has 0 fully saturated rings. The van der Waals surface area contributed by atoms with Crippen LogP contribution < -0.4 is 5.56 Å². The van der Waals surface area contributed by atoms with Crippen LogP contribution in [0.5, 0.6) is 0 Å². The van der Waals surface area contributed by atoms with E-state index in [4.69, 9.17) is 17.0 Å². The highest BCUT2D eigenvalue weighted by atomic mass is 32.1. The highest BCUT2D eigenvalue weighted by molar-refractivity contribution is 7.71. The van der Waals surface area contributed by atoms with Crippen LogP contribution in [0.1, 0.15) is 34.6 Å². The summed E-state index contributed by atoms with van der Waals surface area (Å²) in [6, 6.07) is 11.1. The van der Waals surface area contributed by atoms with Gasteiger partial charge < -0.3 is 4.74 Å². The maximum Gasteiger partial charge on any atom is 0.338 e. The lowest BCUT2D eigenvalue weighted by atomic mass is 10.1. The van der Waals surface area contributed by atoms with E-state index in [-0.39, 0.29) is 21.8 Å². The standard InChI is InChI=1S/C18H17N3O3S/c1-10-9-13(17(23)24-3)14-15(19-10)21(18(25)20-16(14)22)11(2)12-7-5-4-6-8-12/h4-9,11H,1-3H3,(H,20,22,25). The molecule has 2 heterocycles. The number of hydrogen-bond acceptors (Lipinski definition) is 5. The molecule has 7 heteroatoms. The Morgan fingerprint density at radius 3 is 2.64 bits per heavy atom. The minimum absolute atomic E-state index is 0.173. The van der Waals surface area contributed by atoms with Crippen molar-refractivity contribution in [1.29, 1.82) is 0 Å². The van der Waals surface area contributed by atoms with E-state index in [1.807, 2.05) is 37.3 Å². The van der Waals surface area contributed by atoms with Gasteiger partial charge in [-0.15, -0.1) is 0 Å². The number of methoxy groups -OCH3 is 1. The smallest absolute Gasteiger partial charge is 0.338 e. The number of H-pyrrole nitrogens is 1. The van der Waals surface area contributed by atoms with E-state index >= 15 is 0 Å². The molecule has 1 N–H and O–H groups in total. The Hall–Kier alpha value is -2.80. The summed E-state index contributed by atoms with van der Waals surface area (Å²) in [5, 5.41) is 0.175. The summed E-state index contributed by atoms with van der Waals surface area (Å²) < 4.78 is 6.82. The van der Waals surface area contributed by atoms with Gasteiger partial charge in [0.05, 0.1) is 24.1 Å². The summed E-state index contributed by atoms with van der Waals surface area (Å²) in [5.41, 5.74) is 1.70. The second-order valence-corrected chi connectivity index (χ2v) is 6.10. The lowest BCUT2D eigenvalue weighted by Gasteiger charge is -2.19. The molecule has 1 unspecified atom stereocenters. The second-order valence-electron chi connectivity index (χ2n) is 5.72. The largest absolute Gasteiger partial charge is 0.465 e. The van der Waals surface area contributed by atoms with Crippen LogP contribution >= 0.6 is 12.2 Å². The summed E-state index contributed by atoms with van der Waals surface area (Å²) in [5.74, 6) is -0.586. The molecule has 0 aliphatic heterocycles.